The van der Waals surface area contributed by atoms with Crippen molar-refractivity contribution in [2.75, 3.05) is 13.7 Å². The van der Waals surface area contributed by atoms with Crippen molar-refractivity contribution in [3.63, 3.8) is 0 Å². The molecule has 0 aliphatic heterocycles. The Bertz CT molecular complexity index is 1200. The molecule has 0 atom stereocenters. The molecule has 4 rings (SSSR count). The van der Waals surface area contributed by atoms with E-state index in [4.69, 9.17) is 4.74 Å². The standard InChI is InChI=1S/C23H21FN4O2/c1-28-22-19(14-26-28)18(13-21(27-22)16-7-9-17(30-2)10-8-16)23(29)25-12-11-15-5-3-4-6-20(15)24/h3-10,13-14H,11-12H2,1-2H3,(H,25,29). The zero-order valence-corrected chi connectivity index (χ0v) is 16.7. The van der Waals surface area contributed by atoms with Gasteiger partial charge in [-0.1, -0.05) is 18.2 Å². The van der Waals surface area contributed by atoms with E-state index in [0.29, 0.717) is 40.8 Å². The highest BCUT2D eigenvalue weighted by molar-refractivity contribution is 6.06. The van der Waals surface area contributed by atoms with Crippen LogP contribution in [0.5, 0.6) is 5.75 Å². The van der Waals surface area contributed by atoms with Crippen molar-refractivity contribution >= 4 is 16.9 Å². The first-order valence-electron chi connectivity index (χ1n) is 9.55. The lowest BCUT2D eigenvalue weighted by molar-refractivity contribution is 0.0955. The number of amides is 1. The molecule has 7 heteroatoms. The summed E-state index contributed by atoms with van der Waals surface area (Å²) in [6, 6.07) is 15.8. The van der Waals surface area contributed by atoms with Gasteiger partial charge in [-0.25, -0.2) is 9.37 Å². The summed E-state index contributed by atoms with van der Waals surface area (Å²) >= 11 is 0. The van der Waals surface area contributed by atoms with Gasteiger partial charge in [0.25, 0.3) is 5.91 Å². The number of fused-ring (bicyclic) bond motifs is 1. The third-order valence-electron chi connectivity index (χ3n) is 4.97. The Kier molecular flexibility index (Phi) is 5.43. The summed E-state index contributed by atoms with van der Waals surface area (Å²) in [7, 11) is 3.39. The lowest BCUT2D eigenvalue weighted by Gasteiger charge is -2.10. The maximum atomic E-state index is 13.8. The minimum atomic E-state index is -0.271. The molecule has 2 aromatic carbocycles. The minimum Gasteiger partial charge on any atom is -0.497 e. The Morgan fingerprint density at radius 2 is 1.93 bits per heavy atom. The molecule has 6 nitrogen and oxygen atoms in total. The van der Waals surface area contributed by atoms with Crippen LogP contribution in [0.25, 0.3) is 22.3 Å². The fraction of sp³-hybridized carbons (Fsp3) is 0.174. The molecule has 0 bridgehead atoms. The van der Waals surface area contributed by atoms with E-state index >= 15 is 0 Å². The first-order chi connectivity index (χ1) is 14.6. The maximum Gasteiger partial charge on any atom is 0.252 e. The van der Waals surface area contributed by atoms with Crippen LogP contribution in [0.15, 0.2) is 60.8 Å². The quantitative estimate of drug-likeness (QED) is 0.531. The summed E-state index contributed by atoms with van der Waals surface area (Å²) in [5.74, 6) is 0.222. The number of hydrogen-bond acceptors (Lipinski definition) is 4. The first kappa shape index (κ1) is 19.6. The van der Waals surface area contributed by atoms with Crippen molar-refractivity contribution < 1.29 is 13.9 Å². The predicted molar refractivity (Wildman–Crippen MR) is 113 cm³/mol. The second-order valence-electron chi connectivity index (χ2n) is 6.89. The van der Waals surface area contributed by atoms with Crippen LogP contribution in [0.1, 0.15) is 15.9 Å². The van der Waals surface area contributed by atoms with Gasteiger partial charge in [0.05, 0.1) is 30.0 Å². The normalized spacial score (nSPS) is 10.9. The number of pyridine rings is 1. The average Bonchev–Trinajstić information content (AvgIpc) is 3.15. The zero-order valence-electron chi connectivity index (χ0n) is 16.7. The van der Waals surface area contributed by atoms with E-state index in [-0.39, 0.29) is 11.7 Å². The fourth-order valence-corrected chi connectivity index (χ4v) is 3.32. The molecule has 1 amide bonds. The summed E-state index contributed by atoms with van der Waals surface area (Å²) in [6.07, 6.45) is 2.04. The van der Waals surface area contributed by atoms with Crippen LogP contribution in [0.4, 0.5) is 4.39 Å². The van der Waals surface area contributed by atoms with E-state index in [1.165, 1.54) is 6.07 Å². The average molecular weight is 404 g/mol. The van der Waals surface area contributed by atoms with Gasteiger partial charge in [0, 0.05) is 19.2 Å². The third kappa shape index (κ3) is 3.87. The van der Waals surface area contributed by atoms with Gasteiger partial charge in [0.1, 0.15) is 11.6 Å². The van der Waals surface area contributed by atoms with E-state index in [1.807, 2.05) is 24.3 Å². The molecule has 30 heavy (non-hydrogen) atoms. The highest BCUT2D eigenvalue weighted by atomic mass is 19.1. The largest absolute Gasteiger partial charge is 0.497 e. The molecule has 0 saturated carbocycles. The summed E-state index contributed by atoms with van der Waals surface area (Å²) in [5.41, 5.74) is 3.18. The Morgan fingerprint density at radius 1 is 1.17 bits per heavy atom. The molecule has 152 valence electrons. The topological polar surface area (TPSA) is 69.0 Å². The molecule has 0 saturated heterocycles. The number of nitrogens with one attached hydrogen (secondary N) is 1. The fourth-order valence-electron chi connectivity index (χ4n) is 3.32. The smallest absolute Gasteiger partial charge is 0.252 e. The van der Waals surface area contributed by atoms with Gasteiger partial charge in [-0.2, -0.15) is 5.10 Å². The van der Waals surface area contributed by atoms with Gasteiger partial charge in [0.2, 0.25) is 0 Å². The Morgan fingerprint density at radius 3 is 2.67 bits per heavy atom. The Labute approximate surface area is 173 Å². The molecule has 2 aromatic heterocycles. The minimum absolute atomic E-state index is 0.249. The number of carbonyl (C=O) groups excluding carboxylic acids is 1. The lowest BCUT2D eigenvalue weighted by Crippen LogP contribution is -2.26. The molecule has 0 unspecified atom stereocenters. The molecular weight excluding hydrogens is 383 g/mol. The number of methoxy groups -OCH3 is 1. The SMILES string of the molecule is COc1ccc(-c2cc(C(=O)NCCc3ccccc3F)c3cnn(C)c3n2)cc1. The molecular formula is C23H21FN4O2. The Balaban J connectivity index is 1.62. The van der Waals surface area contributed by atoms with Crippen molar-refractivity contribution in [2.24, 2.45) is 7.05 Å². The number of benzene rings is 2. The van der Waals surface area contributed by atoms with Crippen molar-refractivity contribution in [2.45, 2.75) is 6.42 Å². The van der Waals surface area contributed by atoms with E-state index in [9.17, 15) is 9.18 Å². The van der Waals surface area contributed by atoms with E-state index in [1.54, 1.807) is 49.3 Å². The van der Waals surface area contributed by atoms with Crippen molar-refractivity contribution in [3.8, 4) is 17.0 Å². The molecule has 2 heterocycles. The first-order valence-corrected chi connectivity index (χ1v) is 9.55. The lowest BCUT2D eigenvalue weighted by atomic mass is 10.1. The second-order valence-corrected chi connectivity index (χ2v) is 6.89. The van der Waals surface area contributed by atoms with Crippen LogP contribution < -0.4 is 10.1 Å². The molecule has 4 aromatic rings. The molecule has 0 radical (unpaired) electrons. The van der Waals surface area contributed by atoms with Gasteiger partial charge in [-0.3, -0.25) is 9.48 Å². The van der Waals surface area contributed by atoms with Crippen LogP contribution in [-0.4, -0.2) is 34.3 Å². The van der Waals surface area contributed by atoms with Gasteiger partial charge in [-0.15, -0.1) is 0 Å². The highest BCUT2D eigenvalue weighted by Gasteiger charge is 2.16. The number of aromatic nitrogens is 3. The monoisotopic (exact) mass is 404 g/mol. The van der Waals surface area contributed by atoms with Gasteiger partial charge < -0.3 is 10.1 Å². The van der Waals surface area contributed by atoms with Crippen molar-refractivity contribution in [3.05, 3.63) is 77.7 Å². The molecule has 0 aliphatic rings. The van der Waals surface area contributed by atoms with Gasteiger partial charge in [-0.05, 0) is 48.4 Å². The van der Waals surface area contributed by atoms with Gasteiger partial charge in [0.15, 0.2) is 5.65 Å². The number of aryl methyl sites for hydroxylation is 1. The van der Waals surface area contributed by atoms with Crippen LogP contribution in [0.2, 0.25) is 0 Å². The van der Waals surface area contributed by atoms with Crippen LogP contribution in [0, 0.1) is 5.82 Å². The van der Waals surface area contributed by atoms with E-state index in [2.05, 4.69) is 15.4 Å². The predicted octanol–water partition coefficient (Wildman–Crippen LogP) is 3.76. The van der Waals surface area contributed by atoms with E-state index in [0.717, 1.165) is 11.3 Å². The number of carbonyl (C=O) groups is 1. The third-order valence-corrected chi connectivity index (χ3v) is 4.97. The summed E-state index contributed by atoms with van der Waals surface area (Å²) in [6.45, 7) is 0.321. The summed E-state index contributed by atoms with van der Waals surface area (Å²) < 4.78 is 20.6. The van der Waals surface area contributed by atoms with Crippen molar-refractivity contribution in [1.29, 1.82) is 0 Å². The number of halogens is 1. The molecule has 0 aliphatic carbocycles. The maximum absolute atomic E-state index is 13.8. The number of ether oxygens (including phenoxy) is 1. The number of hydrogen-bond donors (Lipinski definition) is 1. The molecule has 0 fully saturated rings. The van der Waals surface area contributed by atoms with Crippen LogP contribution in [0.3, 0.4) is 0 Å². The second kappa shape index (κ2) is 8.32. The summed E-state index contributed by atoms with van der Waals surface area (Å²) in [4.78, 5) is 17.6. The van der Waals surface area contributed by atoms with E-state index < -0.39 is 0 Å². The van der Waals surface area contributed by atoms with Gasteiger partial charge >= 0.3 is 0 Å². The van der Waals surface area contributed by atoms with Crippen molar-refractivity contribution in [1.82, 2.24) is 20.1 Å². The van der Waals surface area contributed by atoms with Crippen LogP contribution >= 0.6 is 0 Å². The number of rotatable bonds is 6. The Hall–Kier alpha value is -3.74. The van der Waals surface area contributed by atoms with Crippen LogP contribution in [-0.2, 0) is 13.5 Å². The molecule has 0 spiro atoms. The zero-order chi connectivity index (χ0) is 21.1. The number of nitrogens with zero attached hydrogens (tertiary/aromatic N) is 3. The summed E-state index contributed by atoms with van der Waals surface area (Å²) in [5, 5.41) is 7.79. The highest BCUT2D eigenvalue weighted by Crippen LogP contribution is 2.26. The molecule has 1 N–H and O–H groups in total.